The minimum absolute atomic E-state index is 0. The van der Waals surface area contributed by atoms with Gasteiger partial charge in [0, 0.05) is 12.3 Å². The number of hydrogen-bond acceptors (Lipinski definition) is 9. The van der Waals surface area contributed by atoms with Crippen molar-refractivity contribution >= 4 is 45.6 Å². The van der Waals surface area contributed by atoms with Gasteiger partial charge >= 0.3 is 43.4 Å². The molecule has 4 atom stereocenters. The zero-order valence-corrected chi connectivity index (χ0v) is 14.1. The van der Waals surface area contributed by atoms with Crippen LogP contribution in [0.25, 0.3) is 0 Å². The number of phosphoric ester groups is 1. The molecule has 0 spiro atoms. The average molecular weight is 362 g/mol. The topological polar surface area (TPSA) is 177 Å². The molecule has 1 fully saturated rings. The normalized spacial score (nSPS) is 28.4. The Hall–Kier alpha value is -0.0703. The molecule has 2 heterocycles. The predicted octanol–water partition coefficient (Wildman–Crippen LogP) is -4.38. The fraction of sp³-hybridized carbons (Fsp3) is 0.556. The van der Waals surface area contributed by atoms with Gasteiger partial charge in [-0.2, -0.15) is 0 Å². The van der Waals surface area contributed by atoms with Gasteiger partial charge in [0.1, 0.15) is 18.3 Å². The number of phosphoric acid groups is 1. The third kappa shape index (κ3) is 4.71. The maximum Gasteiger partial charge on any atom is 2.00 e. The van der Waals surface area contributed by atoms with E-state index in [-0.39, 0.29) is 37.7 Å². The van der Waals surface area contributed by atoms with Gasteiger partial charge in [0.15, 0.2) is 6.23 Å². The van der Waals surface area contributed by atoms with Crippen molar-refractivity contribution in [2.24, 2.45) is 0 Å². The summed E-state index contributed by atoms with van der Waals surface area (Å²) >= 11 is 0. The Morgan fingerprint density at radius 2 is 2.00 bits per heavy atom. The molecule has 13 heteroatoms. The number of ether oxygens (including phenoxy) is 1. The Bertz CT molecular complexity index is 670. The van der Waals surface area contributed by atoms with Crippen molar-refractivity contribution in [2.45, 2.75) is 24.5 Å². The van der Waals surface area contributed by atoms with Crippen LogP contribution in [0, 0.1) is 0 Å². The Morgan fingerprint density at radius 3 is 2.55 bits per heavy atom. The summed E-state index contributed by atoms with van der Waals surface area (Å²) in [6, 6.07) is 0.997. The van der Waals surface area contributed by atoms with Crippen LogP contribution in [0.5, 0.6) is 0 Å². The molecule has 0 aromatic carbocycles. The molecule has 1 saturated heterocycles. The minimum Gasteiger partial charge on any atom is -0.790 e. The number of aliphatic hydroxyl groups excluding tert-OH is 2. The fourth-order valence-corrected chi connectivity index (χ4v) is 2.22. The molecule has 0 aliphatic carbocycles. The Morgan fingerprint density at radius 1 is 1.36 bits per heavy atom. The van der Waals surface area contributed by atoms with Crippen LogP contribution >= 0.6 is 7.82 Å². The second-order valence-electron chi connectivity index (χ2n) is 4.31. The molecule has 0 saturated carbocycles. The average Bonchev–Trinajstić information content (AvgIpc) is 2.64. The summed E-state index contributed by atoms with van der Waals surface area (Å²) in [5.41, 5.74) is -1.55. The van der Waals surface area contributed by atoms with E-state index in [0.29, 0.717) is 0 Å². The predicted molar refractivity (Wildman–Crippen MR) is 66.6 cm³/mol. The number of aliphatic hydroxyl groups is 2. The van der Waals surface area contributed by atoms with Gasteiger partial charge in [-0.1, -0.05) is 0 Å². The summed E-state index contributed by atoms with van der Waals surface area (Å²) in [5.74, 6) is 0. The van der Waals surface area contributed by atoms with Gasteiger partial charge in [0.2, 0.25) is 0 Å². The quantitative estimate of drug-likeness (QED) is 0.352. The van der Waals surface area contributed by atoms with E-state index in [1.165, 1.54) is 0 Å². The summed E-state index contributed by atoms with van der Waals surface area (Å²) in [7, 11) is -5.26. The third-order valence-electron chi connectivity index (χ3n) is 2.86. The molecule has 0 amide bonds. The number of H-pyrrole nitrogens is 1. The summed E-state index contributed by atoms with van der Waals surface area (Å²) in [6.45, 7) is -0.808. The SMILES string of the molecule is O=c1ccn([C@@H]2O[C@H](COP(=O)([O-])[O-])[C@@H](O)[C@H]2O)c(=O)[nH]1.[Ca+2]. The van der Waals surface area contributed by atoms with E-state index in [0.717, 1.165) is 16.8 Å². The second-order valence-corrected chi connectivity index (χ2v) is 5.46. The van der Waals surface area contributed by atoms with Gasteiger partial charge < -0.3 is 33.8 Å². The van der Waals surface area contributed by atoms with Crippen molar-refractivity contribution < 1.29 is 33.8 Å². The van der Waals surface area contributed by atoms with Crippen LogP contribution in [0.3, 0.4) is 0 Å². The minimum atomic E-state index is -5.26. The zero-order chi connectivity index (χ0) is 15.8. The van der Waals surface area contributed by atoms with Crippen molar-refractivity contribution in [2.75, 3.05) is 6.61 Å². The van der Waals surface area contributed by atoms with E-state index in [1.54, 1.807) is 0 Å². The van der Waals surface area contributed by atoms with E-state index in [2.05, 4.69) is 4.52 Å². The third-order valence-corrected chi connectivity index (χ3v) is 3.32. The number of hydrogen-bond donors (Lipinski definition) is 3. The van der Waals surface area contributed by atoms with E-state index in [9.17, 15) is 34.2 Å². The first-order chi connectivity index (χ1) is 9.69. The van der Waals surface area contributed by atoms with Crippen molar-refractivity contribution in [3.8, 4) is 0 Å². The van der Waals surface area contributed by atoms with E-state index in [4.69, 9.17) is 4.74 Å². The Balaban J connectivity index is 0.00000242. The molecule has 118 valence electrons. The van der Waals surface area contributed by atoms with Gasteiger partial charge in [-0.25, -0.2) is 4.79 Å². The van der Waals surface area contributed by atoms with Crippen molar-refractivity contribution in [3.05, 3.63) is 33.1 Å². The fourth-order valence-electron chi connectivity index (χ4n) is 1.89. The zero-order valence-electron chi connectivity index (χ0n) is 11.0. The molecule has 22 heavy (non-hydrogen) atoms. The number of aromatic nitrogens is 2. The number of rotatable bonds is 4. The summed E-state index contributed by atoms with van der Waals surface area (Å²) in [4.78, 5) is 45.2. The molecular weight excluding hydrogens is 351 g/mol. The van der Waals surface area contributed by atoms with E-state index >= 15 is 0 Å². The first-order valence-electron chi connectivity index (χ1n) is 5.69. The van der Waals surface area contributed by atoms with Crippen molar-refractivity contribution in [1.29, 1.82) is 0 Å². The maximum absolute atomic E-state index is 11.6. The molecular formula is C9H11CaN2O9P. The standard InChI is InChI=1S/C9H13N2O9P.Ca/c12-5-1-2-11(9(15)10-5)8-7(14)6(13)4(20-8)3-19-21(16,17)18;/h1-2,4,6-8,13-14H,3H2,(H,10,12,15)(H2,16,17,18);/q;+2/p-2/t4-,6-,7-,8-;/m1./s1. The molecule has 1 aromatic heterocycles. The Kier molecular flexibility index (Phi) is 6.96. The molecule has 1 aromatic rings. The summed E-state index contributed by atoms with van der Waals surface area (Å²) in [5, 5.41) is 19.5. The molecule has 0 bridgehead atoms. The van der Waals surface area contributed by atoms with Crippen LogP contribution in [0.1, 0.15) is 6.23 Å². The smallest absolute Gasteiger partial charge is 0.790 e. The number of nitrogens with zero attached hydrogens (tertiary/aromatic N) is 1. The van der Waals surface area contributed by atoms with Crippen LogP contribution in [0.15, 0.2) is 21.9 Å². The molecule has 3 N–H and O–H groups in total. The van der Waals surface area contributed by atoms with Crippen LogP contribution in [0.2, 0.25) is 0 Å². The van der Waals surface area contributed by atoms with Gasteiger partial charge in [-0.3, -0.25) is 14.3 Å². The van der Waals surface area contributed by atoms with Crippen molar-refractivity contribution in [1.82, 2.24) is 9.55 Å². The van der Waals surface area contributed by atoms with Crippen molar-refractivity contribution in [3.63, 3.8) is 0 Å². The molecule has 0 radical (unpaired) electrons. The number of aromatic amines is 1. The van der Waals surface area contributed by atoms with E-state index < -0.39 is 50.2 Å². The van der Waals surface area contributed by atoms with Gasteiger partial charge in [-0.15, -0.1) is 0 Å². The number of nitrogens with one attached hydrogen (secondary N) is 1. The van der Waals surface area contributed by atoms with E-state index in [1.807, 2.05) is 4.98 Å². The van der Waals surface area contributed by atoms with Gasteiger partial charge in [0.25, 0.3) is 5.56 Å². The second kappa shape index (κ2) is 7.67. The molecule has 1 aliphatic heterocycles. The van der Waals surface area contributed by atoms with Crippen LogP contribution in [0.4, 0.5) is 0 Å². The first-order valence-corrected chi connectivity index (χ1v) is 7.15. The largest absolute Gasteiger partial charge is 2.00 e. The first kappa shape index (κ1) is 20.0. The molecule has 11 nitrogen and oxygen atoms in total. The van der Waals surface area contributed by atoms with Crippen LogP contribution in [-0.4, -0.2) is 82.4 Å². The molecule has 0 unspecified atom stereocenters. The molecule has 2 rings (SSSR count). The summed E-state index contributed by atoms with van der Waals surface area (Å²) in [6.07, 6.45) is -4.83. The van der Waals surface area contributed by atoms with Gasteiger partial charge in [-0.05, 0) is 0 Å². The summed E-state index contributed by atoms with van der Waals surface area (Å²) < 4.78 is 20.3. The van der Waals surface area contributed by atoms with Crippen LogP contribution < -0.4 is 21.0 Å². The Labute approximate surface area is 152 Å². The van der Waals surface area contributed by atoms with Crippen LogP contribution in [-0.2, 0) is 13.8 Å². The maximum atomic E-state index is 11.6. The van der Waals surface area contributed by atoms with Gasteiger partial charge in [0.05, 0.1) is 14.4 Å². The monoisotopic (exact) mass is 362 g/mol. The molecule has 1 aliphatic rings.